The Morgan fingerprint density at radius 1 is 1.57 bits per heavy atom. The molecule has 1 saturated heterocycles. The molecule has 1 aliphatic heterocycles. The fourth-order valence-electron chi connectivity index (χ4n) is 1.96. The second-order valence-corrected chi connectivity index (χ2v) is 4.44. The number of rotatable bonds is 4. The quantitative estimate of drug-likeness (QED) is 0.807. The summed E-state index contributed by atoms with van der Waals surface area (Å²) in [5, 5.41) is 3.95. The van der Waals surface area contributed by atoms with Crippen LogP contribution in [0.3, 0.4) is 0 Å². The first-order chi connectivity index (χ1) is 6.77. The number of hydrogen-bond donors (Lipinski definition) is 1. The maximum atomic E-state index is 5.93. The maximum Gasteiger partial charge on any atom is 0.0434 e. The molecule has 0 radical (unpaired) electrons. The Morgan fingerprint density at radius 2 is 2.36 bits per heavy atom. The lowest BCUT2D eigenvalue weighted by Crippen LogP contribution is -2.45. The molecule has 1 unspecified atom stereocenters. The van der Waals surface area contributed by atoms with E-state index >= 15 is 0 Å². The summed E-state index contributed by atoms with van der Waals surface area (Å²) >= 11 is 11.5. The summed E-state index contributed by atoms with van der Waals surface area (Å²) in [5.74, 6) is 0. The van der Waals surface area contributed by atoms with Crippen molar-refractivity contribution in [2.24, 2.45) is 0 Å². The largest absolute Gasteiger partial charge is 0.318 e. The molecule has 0 aromatic heterocycles. The number of likely N-dealkylation sites (N-methyl/N-ethyl adjacent to an activating group) is 1. The van der Waals surface area contributed by atoms with E-state index in [0.717, 1.165) is 24.7 Å². The lowest BCUT2D eigenvalue weighted by molar-refractivity contribution is 0.162. The molecule has 1 N–H and O–H groups in total. The average Bonchev–Trinajstić information content (AvgIpc) is 2.21. The molecule has 4 heteroatoms. The highest BCUT2D eigenvalue weighted by Gasteiger charge is 2.21. The van der Waals surface area contributed by atoms with Gasteiger partial charge in [-0.1, -0.05) is 29.6 Å². The highest BCUT2D eigenvalue weighted by atomic mass is 35.5. The van der Waals surface area contributed by atoms with Crippen molar-refractivity contribution < 1.29 is 0 Å². The zero-order valence-corrected chi connectivity index (χ0v) is 10.1. The van der Waals surface area contributed by atoms with Gasteiger partial charge < -0.3 is 5.32 Å². The van der Waals surface area contributed by atoms with Crippen LogP contribution in [0.4, 0.5) is 0 Å². The summed E-state index contributed by atoms with van der Waals surface area (Å²) in [6.07, 6.45) is 3.85. The van der Waals surface area contributed by atoms with Gasteiger partial charge in [-0.2, -0.15) is 0 Å². The molecule has 0 saturated carbocycles. The molecule has 82 valence electrons. The summed E-state index contributed by atoms with van der Waals surface area (Å²) in [4.78, 5) is 2.40. The third kappa shape index (κ3) is 3.77. The van der Waals surface area contributed by atoms with Gasteiger partial charge in [0.15, 0.2) is 0 Å². The standard InChI is InChI=1S/C10H18Cl2N2/c1-13-7-10-4-2-3-5-14(10)8-9(12)6-11/h6,10,13H,2-5,7-8H2,1H3. The van der Waals surface area contributed by atoms with Crippen LogP contribution in [-0.4, -0.2) is 37.6 Å². The van der Waals surface area contributed by atoms with Crippen LogP contribution < -0.4 is 5.32 Å². The first-order valence-electron chi connectivity index (χ1n) is 5.11. The van der Waals surface area contributed by atoms with Crippen LogP contribution in [0.2, 0.25) is 0 Å². The van der Waals surface area contributed by atoms with Crippen molar-refractivity contribution in [3.63, 3.8) is 0 Å². The minimum Gasteiger partial charge on any atom is -0.318 e. The normalized spacial score (nSPS) is 25.4. The molecule has 0 aromatic carbocycles. The Bertz CT molecular complexity index is 193. The minimum absolute atomic E-state index is 0.610. The van der Waals surface area contributed by atoms with Gasteiger partial charge in [0.2, 0.25) is 0 Å². The molecule has 1 atom stereocenters. The van der Waals surface area contributed by atoms with Gasteiger partial charge in [0.25, 0.3) is 0 Å². The molecular weight excluding hydrogens is 219 g/mol. The predicted octanol–water partition coefficient (Wildman–Crippen LogP) is 2.38. The zero-order chi connectivity index (χ0) is 10.4. The third-order valence-electron chi connectivity index (χ3n) is 2.66. The van der Waals surface area contributed by atoms with Gasteiger partial charge in [0, 0.05) is 29.7 Å². The van der Waals surface area contributed by atoms with Crippen molar-refractivity contribution in [3.8, 4) is 0 Å². The Balaban J connectivity index is 2.45. The van der Waals surface area contributed by atoms with Crippen molar-refractivity contribution in [3.05, 3.63) is 10.6 Å². The topological polar surface area (TPSA) is 15.3 Å². The van der Waals surface area contributed by atoms with Crippen LogP contribution in [0, 0.1) is 0 Å². The summed E-state index contributed by atoms with van der Waals surface area (Å²) in [7, 11) is 1.99. The third-order valence-corrected chi connectivity index (χ3v) is 3.27. The molecular formula is C10H18Cl2N2. The van der Waals surface area contributed by atoms with Crippen molar-refractivity contribution in [2.45, 2.75) is 25.3 Å². The number of nitrogens with zero attached hydrogens (tertiary/aromatic N) is 1. The number of hydrogen-bond acceptors (Lipinski definition) is 2. The lowest BCUT2D eigenvalue weighted by Gasteiger charge is -2.35. The minimum atomic E-state index is 0.610. The molecule has 0 aromatic rings. The maximum absolute atomic E-state index is 5.93. The fourth-order valence-corrected chi connectivity index (χ4v) is 2.19. The Hall–Kier alpha value is 0.240. The van der Waals surface area contributed by atoms with Crippen molar-refractivity contribution in [1.82, 2.24) is 10.2 Å². The Morgan fingerprint density at radius 3 is 3.00 bits per heavy atom. The first-order valence-corrected chi connectivity index (χ1v) is 5.92. The van der Waals surface area contributed by atoms with Gasteiger partial charge in [0.1, 0.15) is 0 Å². The van der Waals surface area contributed by atoms with Gasteiger partial charge in [0.05, 0.1) is 0 Å². The summed E-state index contributed by atoms with van der Waals surface area (Å²) < 4.78 is 0. The monoisotopic (exact) mass is 236 g/mol. The van der Waals surface area contributed by atoms with E-state index in [1.54, 1.807) is 0 Å². The van der Waals surface area contributed by atoms with Gasteiger partial charge in [-0.3, -0.25) is 4.90 Å². The van der Waals surface area contributed by atoms with Crippen molar-refractivity contribution >= 4 is 23.2 Å². The molecule has 1 rings (SSSR count). The molecule has 14 heavy (non-hydrogen) atoms. The zero-order valence-electron chi connectivity index (χ0n) is 8.60. The second-order valence-electron chi connectivity index (χ2n) is 3.73. The van der Waals surface area contributed by atoms with E-state index in [9.17, 15) is 0 Å². The van der Waals surface area contributed by atoms with Gasteiger partial charge in [-0.05, 0) is 26.4 Å². The smallest absolute Gasteiger partial charge is 0.0434 e. The predicted molar refractivity (Wildman–Crippen MR) is 62.9 cm³/mol. The molecule has 1 aliphatic rings. The molecule has 0 bridgehead atoms. The molecule has 0 amide bonds. The average molecular weight is 237 g/mol. The summed E-state index contributed by atoms with van der Waals surface area (Å²) in [6, 6.07) is 0.610. The van der Waals surface area contributed by atoms with Crippen molar-refractivity contribution in [1.29, 1.82) is 0 Å². The van der Waals surface area contributed by atoms with Crippen LogP contribution in [0.5, 0.6) is 0 Å². The van der Waals surface area contributed by atoms with E-state index in [1.807, 2.05) is 7.05 Å². The Labute approximate surface area is 96.2 Å². The molecule has 1 heterocycles. The first kappa shape index (κ1) is 12.3. The van der Waals surface area contributed by atoms with Crippen LogP contribution >= 0.6 is 23.2 Å². The van der Waals surface area contributed by atoms with Crippen molar-refractivity contribution in [2.75, 3.05) is 26.7 Å². The number of halogens is 2. The van der Waals surface area contributed by atoms with Gasteiger partial charge in [-0.25, -0.2) is 0 Å². The highest BCUT2D eigenvalue weighted by molar-refractivity contribution is 6.36. The van der Waals surface area contributed by atoms with Gasteiger partial charge in [-0.15, -0.1) is 0 Å². The second kappa shape index (κ2) is 6.67. The lowest BCUT2D eigenvalue weighted by atomic mass is 10.0. The molecule has 2 nitrogen and oxygen atoms in total. The van der Waals surface area contributed by atoms with E-state index in [2.05, 4.69) is 10.2 Å². The number of nitrogens with one attached hydrogen (secondary N) is 1. The molecule has 1 fully saturated rings. The van der Waals surface area contributed by atoms with Gasteiger partial charge >= 0.3 is 0 Å². The molecule has 0 aliphatic carbocycles. The van der Waals surface area contributed by atoms with E-state index < -0.39 is 0 Å². The summed E-state index contributed by atoms with van der Waals surface area (Å²) in [6.45, 7) is 2.96. The van der Waals surface area contributed by atoms with E-state index in [0.29, 0.717) is 6.04 Å². The number of piperidine rings is 1. The van der Waals surface area contributed by atoms with E-state index in [1.165, 1.54) is 24.8 Å². The SMILES string of the molecule is CNCC1CCCCN1CC(Cl)=CCl. The number of likely N-dealkylation sites (tertiary alicyclic amines) is 1. The van der Waals surface area contributed by atoms with E-state index in [4.69, 9.17) is 23.2 Å². The fraction of sp³-hybridized carbons (Fsp3) is 0.800. The molecule has 0 spiro atoms. The Kier molecular flexibility index (Phi) is 5.87. The van der Waals surface area contributed by atoms with Crippen LogP contribution in [0.1, 0.15) is 19.3 Å². The van der Waals surface area contributed by atoms with Crippen LogP contribution in [0.15, 0.2) is 10.6 Å². The highest BCUT2D eigenvalue weighted by Crippen LogP contribution is 2.19. The summed E-state index contributed by atoms with van der Waals surface area (Å²) in [5.41, 5.74) is 1.46. The van der Waals surface area contributed by atoms with E-state index in [-0.39, 0.29) is 0 Å². The van der Waals surface area contributed by atoms with Crippen LogP contribution in [0.25, 0.3) is 0 Å². The van der Waals surface area contributed by atoms with Crippen LogP contribution in [-0.2, 0) is 0 Å².